The van der Waals surface area contributed by atoms with Crippen LogP contribution in [0.2, 0.25) is 0 Å². The number of aromatic nitrogens is 3. The minimum absolute atomic E-state index is 0.182. The molecule has 2 unspecified atom stereocenters. The van der Waals surface area contributed by atoms with E-state index < -0.39 is 0 Å². The summed E-state index contributed by atoms with van der Waals surface area (Å²) in [5.41, 5.74) is 4.67. The Morgan fingerprint density at radius 1 is 1.11 bits per heavy atom. The molecule has 0 saturated heterocycles. The number of hydrogen-bond donors (Lipinski definition) is 1. The lowest BCUT2D eigenvalue weighted by atomic mass is 9.90. The number of ether oxygens (including phenoxy) is 1. The quantitative estimate of drug-likeness (QED) is 0.725. The molecule has 8 heteroatoms. The average molecular weight is 393 g/mol. The van der Waals surface area contributed by atoms with E-state index in [9.17, 15) is 4.79 Å². The van der Waals surface area contributed by atoms with Gasteiger partial charge in [-0.1, -0.05) is 29.8 Å². The topological polar surface area (TPSA) is 89.4 Å². The van der Waals surface area contributed by atoms with Gasteiger partial charge in [-0.2, -0.15) is 0 Å². The number of urea groups is 1. The minimum atomic E-state index is -0.370. The molecule has 7 nitrogen and oxygen atoms in total. The number of benzene rings is 1. The molecule has 1 aliphatic heterocycles. The van der Waals surface area contributed by atoms with Crippen molar-refractivity contribution in [3.63, 3.8) is 0 Å². The second kappa shape index (κ2) is 7.47. The molecule has 0 bridgehead atoms. The molecule has 2 aromatic heterocycles. The summed E-state index contributed by atoms with van der Waals surface area (Å²) in [5.74, 6) is -0.182. The predicted molar refractivity (Wildman–Crippen MR) is 108 cm³/mol. The smallest absolute Gasteiger partial charge is 0.341 e. The standard InChI is InChI=1S/C20H19N5O2S/c1-11-4-6-13(7-5-11)15-10-28-18(24-15)16-12(2)23-19(26)25-17(16)14-8-21-20(27-3)22-9-14/h4-10,16-17H,1-3H3,(H,25,26). The molecule has 1 aromatic carbocycles. The average Bonchev–Trinajstić information content (AvgIpc) is 3.17. The summed E-state index contributed by atoms with van der Waals surface area (Å²) in [6.45, 7) is 3.91. The van der Waals surface area contributed by atoms with Crippen LogP contribution >= 0.6 is 11.3 Å². The molecule has 1 N–H and O–H groups in total. The van der Waals surface area contributed by atoms with Crippen molar-refractivity contribution in [2.75, 3.05) is 7.11 Å². The van der Waals surface area contributed by atoms with Gasteiger partial charge in [0.1, 0.15) is 5.01 Å². The Hall–Kier alpha value is -3.13. The molecule has 0 aliphatic carbocycles. The first-order valence-corrected chi connectivity index (χ1v) is 9.67. The molecule has 142 valence electrons. The number of hydrogen-bond acceptors (Lipinski definition) is 6. The van der Waals surface area contributed by atoms with Crippen molar-refractivity contribution in [1.29, 1.82) is 0 Å². The Kier molecular flexibility index (Phi) is 4.87. The van der Waals surface area contributed by atoms with E-state index in [0.717, 1.165) is 27.5 Å². The van der Waals surface area contributed by atoms with Crippen LogP contribution in [-0.4, -0.2) is 33.8 Å². The molecular weight excluding hydrogens is 374 g/mol. The Morgan fingerprint density at radius 3 is 2.50 bits per heavy atom. The summed E-state index contributed by atoms with van der Waals surface area (Å²) in [5, 5.41) is 5.84. The number of thiazole rings is 1. The van der Waals surface area contributed by atoms with Gasteiger partial charge in [0.05, 0.1) is 24.8 Å². The summed E-state index contributed by atoms with van der Waals surface area (Å²) >= 11 is 1.56. The van der Waals surface area contributed by atoms with E-state index in [1.807, 2.05) is 12.3 Å². The van der Waals surface area contributed by atoms with E-state index in [-0.39, 0.29) is 24.0 Å². The second-order valence-corrected chi connectivity index (χ2v) is 7.49. The van der Waals surface area contributed by atoms with Crippen LogP contribution in [0.5, 0.6) is 6.01 Å². The number of amides is 2. The second-order valence-electron chi connectivity index (χ2n) is 6.60. The van der Waals surface area contributed by atoms with Gasteiger partial charge in [-0.15, -0.1) is 11.3 Å². The number of nitrogens with zero attached hydrogens (tertiary/aromatic N) is 4. The Morgan fingerprint density at radius 2 is 1.82 bits per heavy atom. The zero-order valence-corrected chi connectivity index (χ0v) is 16.5. The lowest BCUT2D eigenvalue weighted by Crippen LogP contribution is -2.38. The van der Waals surface area contributed by atoms with Gasteiger partial charge in [0.15, 0.2) is 0 Å². The number of nitrogens with one attached hydrogen (secondary N) is 1. The lowest BCUT2D eigenvalue weighted by molar-refractivity contribution is 0.242. The zero-order chi connectivity index (χ0) is 19.7. The van der Waals surface area contributed by atoms with E-state index in [0.29, 0.717) is 0 Å². The summed E-state index contributed by atoms with van der Waals surface area (Å²) in [7, 11) is 1.51. The highest BCUT2D eigenvalue weighted by atomic mass is 32.1. The van der Waals surface area contributed by atoms with E-state index in [4.69, 9.17) is 9.72 Å². The Labute approximate surface area is 166 Å². The van der Waals surface area contributed by atoms with Crippen molar-refractivity contribution in [3.8, 4) is 17.3 Å². The molecule has 2 amide bonds. The van der Waals surface area contributed by atoms with Crippen LogP contribution in [0, 0.1) is 6.92 Å². The fourth-order valence-electron chi connectivity index (χ4n) is 3.20. The number of aliphatic imine (C=N–C) groups is 1. The normalized spacial score (nSPS) is 19.1. The van der Waals surface area contributed by atoms with Crippen LogP contribution in [0.15, 0.2) is 47.0 Å². The molecule has 3 heterocycles. The maximum absolute atomic E-state index is 12.0. The highest BCUT2D eigenvalue weighted by Gasteiger charge is 2.35. The third kappa shape index (κ3) is 3.50. The third-order valence-corrected chi connectivity index (χ3v) is 5.59. The highest BCUT2D eigenvalue weighted by molar-refractivity contribution is 7.10. The number of carbonyl (C=O) groups excluding carboxylic acids is 1. The third-order valence-electron chi connectivity index (χ3n) is 4.67. The van der Waals surface area contributed by atoms with Gasteiger partial charge >= 0.3 is 12.0 Å². The number of aryl methyl sites for hydroxylation is 1. The van der Waals surface area contributed by atoms with Gasteiger partial charge in [-0.05, 0) is 13.8 Å². The Balaban J connectivity index is 1.71. The number of carbonyl (C=O) groups is 1. The van der Waals surface area contributed by atoms with Crippen LogP contribution in [0.4, 0.5) is 4.79 Å². The van der Waals surface area contributed by atoms with Crippen molar-refractivity contribution >= 4 is 23.1 Å². The molecule has 0 saturated carbocycles. The van der Waals surface area contributed by atoms with Crippen molar-refractivity contribution in [2.45, 2.75) is 25.8 Å². The maximum atomic E-state index is 12.0. The van der Waals surface area contributed by atoms with Crippen molar-refractivity contribution in [1.82, 2.24) is 20.3 Å². The van der Waals surface area contributed by atoms with Gasteiger partial charge in [0.2, 0.25) is 0 Å². The molecule has 2 atom stereocenters. The molecule has 3 aromatic rings. The first-order chi connectivity index (χ1) is 13.5. The van der Waals surface area contributed by atoms with Crippen molar-refractivity contribution in [3.05, 3.63) is 58.2 Å². The first kappa shape index (κ1) is 18.2. The van der Waals surface area contributed by atoms with E-state index in [1.165, 1.54) is 12.7 Å². The van der Waals surface area contributed by atoms with Gasteiger partial charge in [-0.3, -0.25) is 0 Å². The fourth-order valence-corrected chi connectivity index (χ4v) is 4.22. The minimum Gasteiger partial charge on any atom is -0.467 e. The molecule has 0 radical (unpaired) electrons. The van der Waals surface area contributed by atoms with Crippen LogP contribution in [0.1, 0.15) is 35.0 Å². The summed E-state index contributed by atoms with van der Waals surface area (Å²) in [4.78, 5) is 29.3. The summed E-state index contributed by atoms with van der Waals surface area (Å²) in [6.07, 6.45) is 3.33. The van der Waals surface area contributed by atoms with Gasteiger partial charge in [0.25, 0.3) is 0 Å². The van der Waals surface area contributed by atoms with Crippen molar-refractivity contribution in [2.24, 2.45) is 4.99 Å². The first-order valence-electron chi connectivity index (χ1n) is 8.79. The molecule has 1 aliphatic rings. The zero-order valence-electron chi connectivity index (χ0n) is 15.7. The van der Waals surface area contributed by atoms with E-state index in [2.05, 4.69) is 51.5 Å². The molecule has 0 fully saturated rings. The largest absolute Gasteiger partial charge is 0.467 e. The SMILES string of the molecule is COc1ncc(C2NC(=O)N=C(C)C2c2nc(-c3ccc(C)cc3)cs2)cn1. The number of methoxy groups -OCH3 is 1. The van der Waals surface area contributed by atoms with Crippen LogP contribution in [0.25, 0.3) is 11.3 Å². The lowest BCUT2D eigenvalue weighted by Gasteiger charge is -2.29. The van der Waals surface area contributed by atoms with Gasteiger partial charge in [0, 0.05) is 34.6 Å². The monoisotopic (exact) mass is 393 g/mol. The summed E-state index contributed by atoms with van der Waals surface area (Å²) < 4.78 is 5.03. The van der Waals surface area contributed by atoms with Gasteiger partial charge < -0.3 is 10.1 Å². The van der Waals surface area contributed by atoms with Crippen LogP contribution in [0.3, 0.4) is 0 Å². The number of rotatable bonds is 4. The van der Waals surface area contributed by atoms with Gasteiger partial charge in [-0.25, -0.2) is 24.7 Å². The summed E-state index contributed by atoms with van der Waals surface area (Å²) in [6, 6.07) is 7.83. The maximum Gasteiger partial charge on any atom is 0.341 e. The molecule has 28 heavy (non-hydrogen) atoms. The van der Waals surface area contributed by atoms with Crippen molar-refractivity contribution < 1.29 is 9.53 Å². The molecule has 4 rings (SSSR count). The van der Waals surface area contributed by atoms with Crippen LogP contribution < -0.4 is 10.1 Å². The van der Waals surface area contributed by atoms with Crippen LogP contribution in [-0.2, 0) is 0 Å². The van der Waals surface area contributed by atoms with E-state index >= 15 is 0 Å². The predicted octanol–water partition coefficient (Wildman–Crippen LogP) is 3.93. The molecular formula is C20H19N5O2S. The van der Waals surface area contributed by atoms with E-state index in [1.54, 1.807) is 23.7 Å². The fraction of sp³-hybridized carbons (Fsp3) is 0.250. The molecule has 0 spiro atoms. The highest BCUT2D eigenvalue weighted by Crippen LogP contribution is 2.37. The Bertz CT molecular complexity index is 1030.